The topological polar surface area (TPSA) is 69.1 Å². The molecular formula is C12H17N5. The first-order chi connectivity index (χ1) is 8.15. The van der Waals surface area contributed by atoms with Gasteiger partial charge in [-0.05, 0) is 25.2 Å². The molecule has 0 aromatic carbocycles. The Labute approximate surface area is 100 Å². The molecule has 1 unspecified atom stereocenters. The number of rotatable bonds is 2. The van der Waals surface area contributed by atoms with Gasteiger partial charge in [-0.3, -0.25) is 0 Å². The predicted molar refractivity (Wildman–Crippen MR) is 64.6 cm³/mol. The van der Waals surface area contributed by atoms with E-state index in [1.165, 1.54) is 0 Å². The Bertz CT molecular complexity index is 557. The van der Waals surface area contributed by atoms with Crippen LogP contribution in [0.15, 0.2) is 6.07 Å². The zero-order valence-corrected chi connectivity index (χ0v) is 10.2. The zero-order valence-electron chi connectivity index (χ0n) is 10.2. The summed E-state index contributed by atoms with van der Waals surface area (Å²) in [5.41, 5.74) is 9.96. The van der Waals surface area contributed by atoms with Crippen molar-refractivity contribution < 1.29 is 0 Å². The standard InChI is InChI=1S/C12H17N5/c1-7(2)5-8-6-11-14-15-12-9(13)3-4-10(12)17(11)16-8/h6-7,9H,3-5,13H2,1-2H3. The molecule has 0 saturated carbocycles. The molecule has 3 rings (SSSR count). The summed E-state index contributed by atoms with van der Waals surface area (Å²) in [4.78, 5) is 0. The Hall–Kier alpha value is -1.49. The summed E-state index contributed by atoms with van der Waals surface area (Å²) in [6, 6.07) is 2.05. The summed E-state index contributed by atoms with van der Waals surface area (Å²) in [6.07, 6.45) is 2.87. The molecule has 0 aliphatic heterocycles. The molecule has 0 spiro atoms. The molecule has 2 N–H and O–H groups in total. The molecule has 5 nitrogen and oxygen atoms in total. The Kier molecular flexibility index (Phi) is 2.36. The maximum atomic E-state index is 5.98. The van der Waals surface area contributed by atoms with Gasteiger partial charge in [-0.1, -0.05) is 13.8 Å². The molecule has 5 heteroatoms. The molecule has 2 aromatic heterocycles. The van der Waals surface area contributed by atoms with Crippen molar-refractivity contribution in [1.29, 1.82) is 0 Å². The fourth-order valence-corrected chi connectivity index (χ4v) is 2.43. The Morgan fingerprint density at radius 1 is 1.47 bits per heavy atom. The smallest absolute Gasteiger partial charge is 0.177 e. The third-order valence-electron chi connectivity index (χ3n) is 3.21. The summed E-state index contributed by atoms with van der Waals surface area (Å²) >= 11 is 0. The summed E-state index contributed by atoms with van der Waals surface area (Å²) in [7, 11) is 0. The quantitative estimate of drug-likeness (QED) is 0.845. The SMILES string of the molecule is CC(C)Cc1cc2nnc3c(n2n1)CCC3N. The zero-order chi connectivity index (χ0) is 12.0. The first-order valence-electron chi connectivity index (χ1n) is 6.15. The van der Waals surface area contributed by atoms with Crippen molar-refractivity contribution in [2.24, 2.45) is 11.7 Å². The van der Waals surface area contributed by atoms with Gasteiger partial charge in [0.05, 0.1) is 17.4 Å². The van der Waals surface area contributed by atoms with Crippen molar-refractivity contribution >= 4 is 5.65 Å². The molecule has 1 aliphatic rings. The molecule has 1 atom stereocenters. The van der Waals surface area contributed by atoms with E-state index in [9.17, 15) is 0 Å². The van der Waals surface area contributed by atoms with Crippen molar-refractivity contribution in [3.63, 3.8) is 0 Å². The lowest BCUT2D eigenvalue weighted by atomic mass is 10.1. The fraction of sp³-hybridized carbons (Fsp3) is 0.583. The van der Waals surface area contributed by atoms with E-state index >= 15 is 0 Å². The van der Waals surface area contributed by atoms with E-state index in [0.29, 0.717) is 5.92 Å². The van der Waals surface area contributed by atoms with Gasteiger partial charge in [0.2, 0.25) is 0 Å². The van der Waals surface area contributed by atoms with Crippen LogP contribution in [0.25, 0.3) is 5.65 Å². The van der Waals surface area contributed by atoms with Crippen LogP contribution in [0.5, 0.6) is 0 Å². The Balaban J connectivity index is 2.11. The first-order valence-corrected chi connectivity index (χ1v) is 6.15. The molecule has 0 saturated heterocycles. The number of nitrogens with two attached hydrogens (primary N) is 1. The maximum absolute atomic E-state index is 5.98. The summed E-state index contributed by atoms with van der Waals surface area (Å²) in [5.74, 6) is 0.600. The van der Waals surface area contributed by atoms with Gasteiger partial charge >= 0.3 is 0 Å². The largest absolute Gasteiger partial charge is 0.323 e. The number of aromatic nitrogens is 4. The minimum Gasteiger partial charge on any atom is -0.323 e. The number of hydrogen-bond donors (Lipinski definition) is 1. The van der Waals surface area contributed by atoms with Crippen LogP contribution in [0.1, 0.15) is 43.4 Å². The minimum absolute atomic E-state index is 0.0275. The molecule has 2 heterocycles. The second-order valence-corrected chi connectivity index (χ2v) is 5.18. The van der Waals surface area contributed by atoms with Crippen molar-refractivity contribution in [1.82, 2.24) is 19.8 Å². The van der Waals surface area contributed by atoms with Gasteiger partial charge in [-0.15, -0.1) is 10.2 Å². The fourth-order valence-electron chi connectivity index (χ4n) is 2.43. The van der Waals surface area contributed by atoms with E-state index < -0.39 is 0 Å². The number of hydrogen-bond acceptors (Lipinski definition) is 4. The molecule has 0 fully saturated rings. The van der Waals surface area contributed by atoms with E-state index in [0.717, 1.165) is 42.0 Å². The average Bonchev–Trinajstić information content (AvgIpc) is 2.80. The van der Waals surface area contributed by atoms with Gasteiger partial charge in [0.25, 0.3) is 0 Å². The highest BCUT2D eigenvalue weighted by Gasteiger charge is 2.24. The molecule has 2 aromatic rings. The van der Waals surface area contributed by atoms with Crippen LogP contribution in [0.3, 0.4) is 0 Å². The number of fused-ring (bicyclic) bond motifs is 3. The second-order valence-electron chi connectivity index (χ2n) is 5.18. The van der Waals surface area contributed by atoms with Crippen molar-refractivity contribution in [2.75, 3.05) is 0 Å². The molecule has 0 radical (unpaired) electrons. The van der Waals surface area contributed by atoms with E-state index in [4.69, 9.17) is 5.73 Å². The van der Waals surface area contributed by atoms with Gasteiger partial charge in [0.1, 0.15) is 5.69 Å². The van der Waals surface area contributed by atoms with Gasteiger partial charge in [0.15, 0.2) is 5.65 Å². The van der Waals surface area contributed by atoms with Crippen LogP contribution in [-0.2, 0) is 12.8 Å². The lowest BCUT2D eigenvalue weighted by Gasteiger charge is -2.02. The lowest BCUT2D eigenvalue weighted by Crippen LogP contribution is -2.10. The summed E-state index contributed by atoms with van der Waals surface area (Å²) in [5, 5.41) is 13.0. The van der Waals surface area contributed by atoms with E-state index in [1.54, 1.807) is 0 Å². The van der Waals surface area contributed by atoms with Gasteiger partial charge in [-0.2, -0.15) is 5.10 Å². The number of aryl methyl sites for hydroxylation is 1. The highest BCUT2D eigenvalue weighted by Crippen LogP contribution is 2.27. The Morgan fingerprint density at radius 3 is 3.06 bits per heavy atom. The predicted octanol–water partition coefficient (Wildman–Crippen LogP) is 1.27. The minimum atomic E-state index is 0.0275. The van der Waals surface area contributed by atoms with E-state index in [1.807, 2.05) is 10.6 Å². The van der Waals surface area contributed by atoms with Gasteiger partial charge in [0, 0.05) is 6.07 Å². The third-order valence-corrected chi connectivity index (χ3v) is 3.21. The van der Waals surface area contributed by atoms with Crippen molar-refractivity contribution in [3.8, 4) is 0 Å². The van der Waals surface area contributed by atoms with E-state index in [-0.39, 0.29) is 6.04 Å². The van der Waals surface area contributed by atoms with Crippen LogP contribution in [0.2, 0.25) is 0 Å². The van der Waals surface area contributed by atoms with Crippen LogP contribution in [0.4, 0.5) is 0 Å². The van der Waals surface area contributed by atoms with Crippen molar-refractivity contribution in [2.45, 2.75) is 39.2 Å². The number of nitrogens with zero attached hydrogens (tertiary/aromatic N) is 4. The summed E-state index contributed by atoms with van der Waals surface area (Å²) in [6.45, 7) is 4.38. The average molecular weight is 231 g/mol. The van der Waals surface area contributed by atoms with Crippen LogP contribution < -0.4 is 5.73 Å². The molecule has 0 amide bonds. The normalized spacial score (nSPS) is 19.2. The Morgan fingerprint density at radius 2 is 2.29 bits per heavy atom. The molecule has 0 bridgehead atoms. The van der Waals surface area contributed by atoms with Gasteiger partial charge < -0.3 is 5.73 Å². The monoisotopic (exact) mass is 231 g/mol. The molecule has 1 aliphatic carbocycles. The first kappa shape index (κ1) is 10.7. The molecular weight excluding hydrogens is 214 g/mol. The third kappa shape index (κ3) is 1.70. The maximum Gasteiger partial charge on any atom is 0.177 e. The van der Waals surface area contributed by atoms with Crippen LogP contribution >= 0.6 is 0 Å². The molecule has 90 valence electrons. The second kappa shape index (κ2) is 3.77. The van der Waals surface area contributed by atoms with Crippen LogP contribution in [-0.4, -0.2) is 19.8 Å². The highest BCUT2D eigenvalue weighted by molar-refractivity contribution is 5.41. The summed E-state index contributed by atoms with van der Waals surface area (Å²) < 4.78 is 1.92. The van der Waals surface area contributed by atoms with Crippen LogP contribution in [0, 0.1) is 5.92 Å². The van der Waals surface area contributed by atoms with Gasteiger partial charge in [-0.25, -0.2) is 4.52 Å². The lowest BCUT2D eigenvalue weighted by molar-refractivity contribution is 0.628. The van der Waals surface area contributed by atoms with Crippen molar-refractivity contribution in [3.05, 3.63) is 23.1 Å². The highest BCUT2D eigenvalue weighted by atomic mass is 15.3. The molecule has 17 heavy (non-hydrogen) atoms. The van der Waals surface area contributed by atoms with E-state index in [2.05, 4.69) is 29.1 Å².